The molecule has 138 valence electrons. The molecule has 4 nitrogen and oxygen atoms in total. The number of piperidine rings is 1. The summed E-state index contributed by atoms with van der Waals surface area (Å²) in [6, 6.07) is 18.3. The van der Waals surface area contributed by atoms with Crippen LogP contribution in [-0.2, 0) is 10.4 Å². The number of amides is 1. The van der Waals surface area contributed by atoms with Crippen molar-refractivity contribution < 1.29 is 14.4 Å². The van der Waals surface area contributed by atoms with E-state index in [1.807, 2.05) is 36.4 Å². The van der Waals surface area contributed by atoms with E-state index in [4.69, 9.17) is 0 Å². The van der Waals surface area contributed by atoms with Crippen molar-refractivity contribution in [3.05, 3.63) is 71.8 Å². The van der Waals surface area contributed by atoms with Gasteiger partial charge in [0.1, 0.15) is 0 Å². The highest BCUT2D eigenvalue weighted by Gasteiger charge is 2.40. The molecule has 0 spiro atoms. The van der Waals surface area contributed by atoms with Gasteiger partial charge in [0.2, 0.25) is 0 Å². The molecule has 2 aromatic carbocycles. The second-order valence-corrected chi connectivity index (χ2v) is 7.98. The zero-order valence-electron chi connectivity index (χ0n) is 15.7. The van der Waals surface area contributed by atoms with Gasteiger partial charge < -0.3 is 14.9 Å². The third-order valence-electron chi connectivity index (χ3n) is 5.55. The normalized spacial score (nSPS) is 17.7. The Morgan fingerprint density at radius 2 is 1.46 bits per heavy atom. The zero-order chi connectivity index (χ0) is 18.6. The van der Waals surface area contributed by atoms with Gasteiger partial charge in [-0.1, -0.05) is 60.7 Å². The molecule has 0 atom stereocenters. The van der Waals surface area contributed by atoms with Crippen LogP contribution in [0.4, 0.5) is 0 Å². The van der Waals surface area contributed by atoms with Crippen molar-refractivity contribution >= 4 is 5.91 Å². The van der Waals surface area contributed by atoms with Crippen molar-refractivity contribution in [2.45, 2.75) is 18.4 Å². The van der Waals surface area contributed by atoms with Crippen LogP contribution < -0.4 is 5.32 Å². The van der Waals surface area contributed by atoms with Crippen LogP contribution in [0.25, 0.3) is 0 Å². The summed E-state index contributed by atoms with van der Waals surface area (Å²) in [5, 5.41) is 14.4. The van der Waals surface area contributed by atoms with Crippen LogP contribution in [0.2, 0.25) is 0 Å². The maximum atomic E-state index is 13.1. The molecule has 0 aliphatic carbocycles. The second kappa shape index (κ2) is 7.60. The molecule has 4 heteroatoms. The van der Waals surface area contributed by atoms with Gasteiger partial charge >= 0.3 is 0 Å². The Balaban J connectivity index is 1.76. The first-order valence-electron chi connectivity index (χ1n) is 9.35. The van der Waals surface area contributed by atoms with Gasteiger partial charge in [-0.15, -0.1) is 0 Å². The summed E-state index contributed by atoms with van der Waals surface area (Å²) >= 11 is 0. The Hall–Kier alpha value is -2.17. The molecule has 1 saturated heterocycles. The van der Waals surface area contributed by atoms with Crippen molar-refractivity contribution in [1.29, 1.82) is 0 Å². The summed E-state index contributed by atoms with van der Waals surface area (Å²) in [6.07, 6.45) is 2.20. The number of carbonyl (C=O) groups excluding carboxylic acids is 1. The maximum absolute atomic E-state index is 13.1. The molecular formula is C22H29N2O2+. The molecule has 0 saturated carbocycles. The van der Waals surface area contributed by atoms with Gasteiger partial charge in [-0.05, 0) is 17.0 Å². The summed E-state index contributed by atoms with van der Waals surface area (Å²) < 4.78 is 1.04. The fraction of sp³-hybridized carbons (Fsp3) is 0.409. The summed E-state index contributed by atoms with van der Waals surface area (Å²) in [5.74, 6) is 0.120. The molecule has 1 fully saturated rings. The first-order valence-corrected chi connectivity index (χ1v) is 9.35. The Bertz CT molecular complexity index is 679. The van der Waals surface area contributed by atoms with Crippen LogP contribution in [0.15, 0.2) is 60.7 Å². The average Bonchev–Trinajstić information content (AvgIpc) is 2.67. The lowest BCUT2D eigenvalue weighted by atomic mass is 9.85. The Morgan fingerprint density at radius 1 is 1.00 bits per heavy atom. The van der Waals surface area contributed by atoms with Crippen molar-refractivity contribution in [1.82, 2.24) is 5.32 Å². The van der Waals surface area contributed by atoms with Gasteiger partial charge in [0.05, 0.1) is 27.2 Å². The Morgan fingerprint density at radius 3 is 1.92 bits per heavy atom. The number of hydrogen-bond donors (Lipinski definition) is 2. The highest BCUT2D eigenvalue weighted by Crippen LogP contribution is 2.30. The fourth-order valence-corrected chi connectivity index (χ4v) is 3.68. The van der Waals surface area contributed by atoms with E-state index in [0.717, 1.165) is 30.4 Å². The van der Waals surface area contributed by atoms with E-state index in [-0.39, 0.29) is 5.91 Å². The highest BCUT2D eigenvalue weighted by atomic mass is 16.3. The maximum Gasteiger partial charge on any atom is 0.261 e. The van der Waals surface area contributed by atoms with Crippen LogP contribution in [0, 0.1) is 5.92 Å². The molecule has 2 aromatic rings. The monoisotopic (exact) mass is 353 g/mol. The molecule has 0 aromatic heterocycles. The quantitative estimate of drug-likeness (QED) is 0.812. The number of aliphatic hydroxyl groups is 1. The smallest absolute Gasteiger partial charge is 0.261 e. The fourth-order valence-electron chi connectivity index (χ4n) is 3.68. The zero-order valence-corrected chi connectivity index (χ0v) is 15.7. The molecule has 2 N–H and O–H groups in total. The van der Waals surface area contributed by atoms with Gasteiger partial charge in [0.15, 0.2) is 5.60 Å². The number of carbonyl (C=O) groups is 1. The summed E-state index contributed by atoms with van der Waals surface area (Å²) in [6.45, 7) is 2.87. The van der Waals surface area contributed by atoms with Crippen molar-refractivity contribution in [3.63, 3.8) is 0 Å². The van der Waals surface area contributed by atoms with Gasteiger partial charge in [-0.2, -0.15) is 0 Å². The predicted octanol–water partition coefficient (Wildman–Crippen LogP) is 2.53. The second-order valence-electron chi connectivity index (χ2n) is 7.98. The molecule has 1 heterocycles. The number of nitrogens with zero attached hydrogens (tertiary/aromatic N) is 1. The first-order chi connectivity index (χ1) is 12.4. The van der Waals surface area contributed by atoms with Crippen LogP contribution in [-0.4, -0.2) is 49.2 Å². The van der Waals surface area contributed by atoms with Crippen LogP contribution in [0.1, 0.15) is 24.0 Å². The number of hydrogen-bond acceptors (Lipinski definition) is 2. The Kier molecular flexibility index (Phi) is 5.44. The van der Waals surface area contributed by atoms with Gasteiger partial charge in [0.25, 0.3) is 5.91 Å². The third-order valence-corrected chi connectivity index (χ3v) is 5.55. The van der Waals surface area contributed by atoms with Gasteiger partial charge in [-0.25, -0.2) is 0 Å². The third kappa shape index (κ3) is 3.97. The largest absolute Gasteiger partial charge is 0.372 e. The van der Waals surface area contributed by atoms with E-state index in [1.165, 1.54) is 0 Å². The average molecular weight is 353 g/mol. The lowest BCUT2D eigenvalue weighted by molar-refractivity contribution is -0.896. The summed E-state index contributed by atoms with van der Waals surface area (Å²) in [5.41, 5.74) is -0.498. The lowest BCUT2D eigenvalue weighted by Crippen LogP contribution is -2.50. The van der Waals surface area contributed by atoms with E-state index in [0.29, 0.717) is 23.6 Å². The molecular weight excluding hydrogens is 324 g/mol. The summed E-state index contributed by atoms with van der Waals surface area (Å²) in [4.78, 5) is 13.1. The highest BCUT2D eigenvalue weighted by molar-refractivity contribution is 5.90. The molecule has 1 amide bonds. The van der Waals surface area contributed by atoms with Crippen LogP contribution in [0.3, 0.4) is 0 Å². The van der Waals surface area contributed by atoms with E-state index >= 15 is 0 Å². The minimum atomic E-state index is -1.67. The van der Waals surface area contributed by atoms with Crippen LogP contribution in [0.5, 0.6) is 0 Å². The molecule has 1 aliphatic rings. The molecule has 0 radical (unpaired) electrons. The van der Waals surface area contributed by atoms with Gasteiger partial charge in [-0.3, -0.25) is 4.79 Å². The predicted molar refractivity (Wildman–Crippen MR) is 103 cm³/mol. The molecule has 3 rings (SSSR count). The molecule has 26 heavy (non-hydrogen) atoms. The number of nitrogens with one attached hydrogen (secondary N) is 1. The van der Waals surface area contributed by atoms with E-state index in [2.05, 4.69) is 19.4 Å². The first kappa shape index (κ1) is 18.6. The lowest BCUT2D eigenvalue weighted by Gasteiger charge is -2.37. The van der Waals surface area contributed by atoms with E-state index in [9.17, 15) is 9.90 Å². The van der Waals surface area contributed by atoms with E-state index < -0.39 is 5.60 Å². The van der Waals surface area contributed by atoms with Crippen LogP contribution >= 0.6 is 0 Å². The number of quaternary nitrogens is 1. The minimum absolute atomic E-state index is 0.353. The van der Waals surface area contributed by atoms with Crippen molar-refractivity contribution in [2.75, 3.05) is 33.7 Å². The topological polar surface area (TPSA) is 49.3 Å². The SMILES string of the molecule is C[N+]1(C)CCC(CNC(=O)C(O)(c2ccccc2)c2ccccc2)CC1. The summed E-state index contributed by atoms with van der Waals surface area (Å²) in [7, 11) is 4.50. The number of rotatable bonds is 5. The molecule has 1 aliphatic heterocycles. The van der Waals surface area contributed by atoms with Crippen molar-refractivity contribution in [2.24, 2.45) is 5.92 Å². The Labute approximate surface area is 156 Å². The standard InChI is InChI=1S/C22H28N2O2/c1-24(2)15-13-18(14-16-24)17-23-21(25)22(26,19-9-5-3-6-10-19)20-11-7-4-8-12-20/h3-12,18,26H,13-17H2,1-2H3/p+1. The molecule has 0 unspecified atom stereocenters. The van der Waals surface area contributed by atoms with E-state index in [1.54, 1.807) is 24.3 Å². The molecule has 0 bridgehead atoms. The van der Waals surface area contributed by atoms with Crippen molar-refractivity contribution in [3.8, 4) is 0 Å². The van der Waals surface area contributed by atoms with Gasteiger partial charge in [0, 0.05) is 19.4 Å². The number of benzene rings is 2. The minimum Gasteiger partial charge on any atom is -0.372 e. The number of likely N-dealkylation sites (tertiary alicyclic amines) is 1.